The third-order valence-electron chi connectivity index (χ3n) is 4.97. The topological polar surface area (TPSA) is 20.2 Å². The first kappa shape index (κ1) is 18.4. The van der Waals surface area contributed by atoms with Crippen molar-refractivity contribution >= 4 is 0 Å². The van der Waals surface area contributed by atoms with Crippen LogP contribution < -0.4 is 0 Å². The molecule has 0 aliphatic heterocycles. The fourth-order valence-electron chi connectivity index (χ4n) is 3.62. The van der Waals surface area contributed by atoms with Gasteiger partial charge in [-0.2, -0.15) is 0 Å². The molecule has 0 fully saturated rings. The molecule has 0 aliphatic rings. The van der Waals surface area contributed by atoms with Gasteiger partial charge in [0, 0.05) is 0 Å². The van der Waals surface area contributed by atoms with Crippen LogP contribution in [0.25, 0.3) is 0 Å². The lowest BCUT2D eigenvalue weighted by molar-refractivity contribution is 0.139. The molecule has 3 aromatic rings. The molecule has 0 aromatic heterocycles. The van der Waals surface area contributed by atoms with Crippen molar-refractivity contribution in [2.45, 2.75) is 38.2 Å². The summed E-state index contributed by atoms with van der Waals surface area (Å²) in [4.78, 5) is 0. The molecule has 0 radical (unpaired) electrons. The highest BCUT2D eigenvalue weighted by atomic mass is 16.3. The average molecular weight is 344 g/mol. The van der Waals surface area contributed by atoms with Gasteiger partial charge in [-0.05, 0) is 54.7 Å². The summed E-state index contributed by atoms with van der Waals surface area (Å²) in [6.07, 6.45) is 4.48. The Hall–Kier alpha value is -2.38. The van der Waals surface area contributed by atoms with Crippen LogP contribution in [0.5, 0.6) is 0 Å². The van der Waals surface area contributed by atoms with Gasteiger partial charge in [-0.15, -0.1) is 0 Å². The van der Waals surface area contributed by atoms with Gasteiger partial charge in [-0.25, -0.2) is 0 Å². The number of hydrogen-bond donors (Lipinski definition) is 1. The first-order valence-electron chi connectivity index (χ1n) is 9.59. The molecule has 1 heteroatoms. The standard InChI is InChI=1S/C25H28O/c26-25(19-23-14-8-3-9-15-23)20-24(18-22-12-6-2-7-13-22)17-16-21-10-4-1-5-11-21/h1-15,24-26H,16-20H2/t24-,25-/m0/s1. The Labute approximate surface area is 157 Å². The molecule has 3 aromatic carbocycles. The van der Waals surface area contributed by atoms with Gasteiger partial charge in [0.25, 0.3) is 0 Å². The summed E-state index contributed by atoms with van der Waals surface area (Å²) in [6, 6.07) is 31.6. The van der Waals surface area contributed by atoms with Crippen molar-refractivity contribution in [3.8, 4) is 0 Å². The molecule has 0 heterocycles. The SMILES string of the molecule is O[C@@H](Cc1ccccc1)C[C@@H](CCc1ccccc1)Cc1ccccc1. The second-order valence-electron chi connectivity index (χ2n) is 7.16. The van der Waals surface area contributed by atoms with Gasteiger partial charge < -0.3 is 5.11 Å². The van der Waals surface area contributed by atoms with Gasteiger partial charge in [0.2, 0.25) is 0 Å². The smallest absolute Gasteiger partial charge is 0.0583 e. The van der Waals surface area contributed by atoms with E-state index in [1.807, 2.05) is 18.2 Å². The number of aliphatic hydroxyl groups excluding tert-OH is 1. The second-order valence-corrected chi connectivity index (χ2v) is 7.16. The van der Waals surface area contributed by atoms with E-state index in [0.29, 0.717) is 5.92 Å². The molecule has 26 heavy (non-hydrogen) atoms. The van der Waals surface area contributed by atoms with Crippen LogP contribution >= 0.6 is 0 Å². The van der Waals surface area contributed by atoms with E-state index in [9.17, 15) is 5.11 Å². The zero-order valence-corrected chi connectivity index (χ0v) is 15.3. The number of benzene rings is 3. The van der Waals surface area contributed by atoms with E-state index in [1.165, 1.54) is 16.7 Å². The lowest BCUT2D eigenvalue weighted by Gasteiger charge is -2.21. The summed E-state index contributed by atoms with van der Waals surface area (Å²) in [5, 5.41) is 10.6. The summed E-state index contributed by atoms with van der Waals surface area (Å²) in [7, 11) is 0. The minimum absolute atomic E-state index is 0.290. The number of rotatable bonds is 9. The number of hydrogen-bond acceptors (Lipinski definition) is 1. The van der Waals surface area contributed by atoms with Gasteiger partial charge >= 0.3 is 0 Å². The highest BCUT2D eigenvalue weighted by molar-refractivity contribution is 5.18. The molecule has 2 atom stereocenters. The highest BCUT2D eigenvalue weighted by Crippen LogP contribution is 2.22. The van der Waals surface area contributed by atoms with Crippen molar-refractivity contribution in [3.63, 3.8) is 0 Å². The fourth-order valence-corrected chi connectivity index (χ4v) is 3.62. The molecule has 0 aliphatic carbocycles. The van der Waals surface area contributed by atoms with Gasteiger partial charge in [0.05, 0.1) is 6.10 Å². The fraction of sp³-hybridized carbons (Fsp3) is 0.280. The number of aryl methyl sites for hydroxylation is 1. The van der Waals surface area contributed by atoms with Crippen LogP contribution in [0.2, 0.25) is 0 Å². The van der Waals surface area contributed by atoms with Crippen LogP contribution in [-0.4, -0.2) is 11.2 Å². The summed E-state index contributed by atoms with van der Waals surface area (Å²) in [5.41, 5.74) is 3.95. The van der Waals surface area contributed by atoms with Gasteiger partial charge in [-0.1, -0.05) is 91.0 Å². The third-order valence-corrected chi connectivity index (χ3v) is 4.97. The third kappa shape index (κ3) is 6.16. The minimum atomic E-state index is -0.290. The predicted octanol–water partition coefficient (Wildman–Crippen LogP) is 5.47. The van der Waals surface area contributed by atoms with E-state index in [-0.39, 0.29) is 6.10 Å². The van der Waals surface area contributed by atoms with Crippen LogP contribution in [0.3, 0.4) is 0 Å². The van der Waals surface area contributed by atoms with Crippen LogP contribution in [-0.2, 0) is 19.3 Å². The first-order valence-corrected chi connectivity index (χ1v) is 9.59. The van der Waals surface area contributed by atoms with Crippen molar-refractivity contribution in [1.29, 1.82) is 0 Å². The van der Waals surface area contributed by atoms with Crippen LogP contribution in [0.15, 0.2) is 91.0 Å². The Morgan fingerprint density at radius 2 is 1.04 bits per heavy atom. The first-order chi connectivity index (χ1) is 12.8. The van der Waals surface area contributed by atoms with Gasteiger partial charge in [0.15, 0.2) is 0 Å². The molecule has 134 valence electrons. The Bertz CT molecular complexity index is 737. The Morgan fingerprint density at radius 1 is 0.577 bits per heavy atom. The molecule has 0 saturated carbocycles. The Kier molecular flexibility index (Phi) is 7.04. The summed E-state index contributed by atoms with van der Waals surface area (Å²) in [6.45, 7) is 0. The van der Waals surface area contributed by atoms with Crippen molar-refractivity contribution in [1.82, 2.24) is 0 Å². The van der Waals surface area contributed by atoms with Crippen LogP contribution in [0.4, 0.5) is 0 Å². The maximum Gasteiger partial charge on any atom is 0.0583 e. The summed E-state index contributed by atoms with van der Waals surface area (Å²) >= 11 is 0. The maximum absolute atomic E-state index is 10.6. The molecule has 0 spiro atoms. The predicted molar refractivity (Wildman–Crippen MR) is 109 cm³/mol. The molecule has 0 unspecified atom stereocenters. The lowest BCUT2D eigenvalue weighted by atomic mass is 9.87. The quantitative estimate of drug-likeness (QED) is 0.545. The zero-order chi connectivity index (χ0) is 18.0. The van der Waals surface area contributed by atoms with Crippen LogP contribution in [0, 0.1) is 5.92 Å². The Balaban J connectivity index is 1.61. The van der Waals surface area contributed by atoms with Crippen molar-refractivity contribution in [3.05, 3.63) is 108 Å². The van der Waals surface area contributed by atoms with Crippen LogP contribution in [0.1, 0.15) is 29.5 Å². The van der Waals surface area contributed by atoms with Crippen molar-refractivity contribution < 1.29 is 5.11 Å². The largest absolute Gasteiger partial charge is 0.393 e. The lowest BCUT2D eigenvalue weighted by Crippen LogP contribution is -2.18. The molecule has 0 saturated heterocycles. The molecule has 0 bridgehead atoms. The van der Waals surface area contributed by atoms with Crippen molar-refractivity contribution in [2.75, 3.05) is 0 Å². The summed E-state index contributed by atoms with van der Waals surface area (Å²) < 4.78 is 0. The van der Waals surface area contributed by atoms with Gasteiger partial charge in [0.1, 0.15) is 0 Å². The molecule has 3 rings (SSSR count). The highest BCUT2D eigenvalue weighted by Gasteiger charge is 2.16. The van der Waals surface area contributed by atoms with Crippen molar-refractivity contribution in [2.24, 2.45) is 5.92 Å². The second kappa shape index (κ2) is 9.94. The Morgan fingerprint density at radius 3 is 1.58 bits per heavy atom. The number of aliphatic hydroxyl groups is 1. The zero-order valence-electron chi connectivity index (χ0n) is 15.3. The minimum Gasteiger partial charge on any atom is -0.393 e. The monoisotopic (exact) mass is 344 g/mol. The molecule has 1 N–H and O–H groups in total. The molecule has 1 nitrogen and oxygen atoms in total. The van der Waals surface area contributed by atoms with E-state index in [2.05, 4.69) is 72.8 Å². The molecular formula is C25H28O. The van der Waals surface area contributed by atoms with E-state index < -0.39 is 0 Å². The van der Waals surface area contributed by atoms with E-state index in [0.717, 1.165) is 32.1 Å². The maximum atomic E-state index is 10.6. The van der Waals surface area contributed by atoms with E-state index in [1.54, 1.807) is 0 Å². The molecular weight excluding hydrogens is 316 g/mol. The van der Waals surface area contributed by atoms with E-state index >= 15 is 0 Å². The molecule has 0 amide bonds. The average Bonchev–Trinajstić information content (AvgIpc) is 2.68. The normalized spacial score (nSPS) is 13.3. The summed E-state index contributed by atoms with van der Waals surface area (Å²) in [5.74, 6) is 0.483. The van der Waals surface area contributed by atoms with Gasteiger partial charge in [-0.3, -0.25) is 0 Å². The van der Waals surface area contributed by atoms with E-state index in [4.69, 9.17) is 0 Å².